The van der Waals surface area contributed by atoms with E-state index in [-0.39, 0.29) is 0 Å². The first-order valence-corrected chi connectivity index (χ1v) is 9.94. The summed E-state index contributed by atoms with van der Waals surface area (Å²) >= 11 is 1.70. The van der Waals surface area contributed by atoms with E-state index in [9.17, 15) is 0 Å². The third kappa shape index (κ3) is 5.60. The Hall–Kier alpha value is -2.33. The molecular formula is C22H29N3S. The summed E-state index contributed by atoms with van der Waals surface area (Å²) in [7, 11) is 1.81. The Balaban J connectivity index is 0.00000163. The molecule has 3 nitrogen and oxygen atoms in total. The zero-order valence-electron chi connectivity index (χ0n) is 16.5. The number of nitrogens with zero attached hydrogens (tertiary/aromatic N) is 3. The number of rotatable bonds is 7. The highest BCUT2D eigenvalue weighted by molar-refractivity contribution is 7.17. The molecule has 0 unspecified atom stereocenters. The molecule has 0 fully saturated rings. The molecule has 0 aromatic carbocycles. The molecule has 0 saturated heterocycles. The van der Waals surface area contributed by atoms with E-state index in [0.717, 1.165) is 40.9 Å². The molecule has 0 aliphatic rings. The van der Waals surface area contributed by atoms with Crippen molar-refractivity contribution in [1.82, 2.24) is 4.98 Å². The molecular weight excluding hydrogens is 338 g/mol. The molecule has 26 heavy (non-hydrogen) atoms. The molecule has 0 aliphatic carbocycles. The van der Waals surface area contributed by atoms with Crippen LogP contribution in [-0.2, 0) is 0 Å². The molecule has 0 radical (unpaired) electrons. The quantitative estimate of drug-likeness (QED) is 0.395. The Morgan fingerprint density at radius 1 is 1.27 bits per heavy atom. The van der Waals surface area contributed by atoms with Crippen LogP contribution in [0.3, 0.4) is 0 Å². The number of allylic oxidation sites excluding steroid dienone is 5. The Morgan fingerprint density at radius 2 is 2.04 bits per heavy atom. The number of aliphatic imine (C=N–C) groups is 2. The van der Waals surface area contributed by atoms with Crippen molar-refractivity contribution >= 4 is 39.6 Å². The third-order valence-corrected chi connectivity index (χ3v) is 4.57. The van der Waals surface area contributed by atoms with Gasteiger partial charge in [-0.1, -0.05) is 39.3 Å². The lowest BCUT2D eigenvalue weighted by atomic mass is 10.1. The molecule has 2 aromatic heterocycles. The third-order valence-electron chi connectivity index (χ3n) is 3.63. The molecule has 0 aliphatic heterocycles. The van der Waals surface area contributed by atoms with E-state index in [1.54, 1.807) is 17.5 Å². The van der Waals surface area contributed by atoms with Gasteiger partial charge in [-0.3, -0.25) is 9.98 Å². The average Bonchev–Trinajstić information content (AvgIpc) is 3.11. The summed E-state index contributed by atoms with van der Waals surface area (Å²) in [4.78, 5) is 13.1. The maximum absolute atomic E-state index is 4.87. The number of unbranched alkanes of at least 4 members (excludes halogenated alkanes) is 1. The van der Waals surface area contributed by atoms with Crippen molar-refractivity contribution in [3.63, 3.8) is 0 Å². The van der Waals surface area contributed by atoms with Gasteiger partial charge in [-0.05, 0) is 49.9 Å². The first-order valence-electron chi connectivity index (χ1n) is 9.06. The largest absolute Gasteiger partial charge is 0.286 e. The predicted molar refractivity (Wildman–Crippen MR) is 120 cm³/mol. The van der Waals surface area contributed by atoms with E-state index in [0.29, 0.717) is 0 Å². The lowest BCUT2D eigenvalue weighted by Gasteiger charge is -2.03. The number of thiophene rings is 1. The zero-order chi connectivity index (χ0) is 19.4. The molecule has 0 spiro atoms. The van der Waals surface area contributed by atoms with Gasteiger partial charge in [-0.2, -0.15) is 0 Å². The maximum Gasteiger partial charge on any atom is 0.0896 e. The second-order valence-corrected chi connectivity index (χ2v) is 6.15. The molecule has 4 heteroatoms. The maximum atomic E-state index is 4.87. The Morgan fingerprint density at radius 3 is 2.65 bits per heavy atom. The van der Waals surface area contributed by atoms with Crippen LogP contribution in [0.25, 0.3) is 15.8 Å². The van der Waals surface area contributed by atoms with Gasteiger partial charge < -0.3 is 0 Å². The van der Waals surface area contributed by atoms with Gasteiger partial charge in [0.2, 0.25) is 0 Å². The smallest absolute Gasteiger partial charge is 0.0896 e. The van der Waals surface area contributed by atoms with Crippen molar-refractivity contribution in [3.8, 4) is 0 Å². The van der Waals surface area contributed by atoms with Crippen LogP contribution in [0.2, 0.25) is 0 Å². The highest BCUT2D eigenvalue weighted by Crippen LogP contribution is 2.30. The van der Waals surface area contributed by atoms with Gasteiger partial charge in [0.05, 0.1) is 21.6 Å². The molecule has 0 atom stereocenters. The van der Waals surface area contributed by atoms with E-state index in [2.05, 4.69) is 53.3 Å². The molecule has 0 N–H and O–H groups in total. The summed E-state index contributed by atoms with van der Waals surface area (Å²) in [5, 5.41) is 2.14. The number of pyridine rings is 1. The van der Waals surface area contributed by atoms with Crippen LogP contribution in [0.5, 0.6) is 0 Å². The fraction of sp³-hybridized carbons (Fsp3) is 0.318. The monoisotopic (exact) mass is 367 g/mol. The molecule has 0 amide bonds. The van der Waals surface area contributed by atoms with Gasteiger partial charge in [0.25, 0.3) is 0 Å². The van der Waals surface area contributed by atoms with Crippen LogP contribution >= 0.6 is 11.3 Å². The highest BCUT2D eigenvalue weighted by atomic mass is 32.1. The van der Waals surface area contributed by atoms with Gasteiger partial charge in [0.15, 0.2) is 0 Å². The fourth-order valence-electron chi connectivity index (χ4n) is 2.37. The SMILES string of the molecule is C=N/C=C\C(=C/C)c1csc2ccc(C(/C=C\CCC)=NC)nc12.CC. The van der Waals surface area contributed by atoms with Crippen LogP contribution in [0, 0.1) is 0 Å². The van der Waals surface area contributed by atoms with Gasteiger partial charge in [0, 0.05) is 24.2 Å². The fourth-order valence-corrected chi connectivity index (χ4v) is 3.28. The molecule has 138 valence electrons. The van der Waals surface area contributed by atoms with Crippen LogP contribution in [0.15, 0.2) is 58.0 Å². The lowest BCUT2D eigenvalue weighted by Crippen LogP contribution is -2.00. The second-order valence-electron chi connectivity index (χ2n) is 5.23. The van der Waals surface area contributed by atoms with Gasteiger partial charge in [-0.25, -0.2) is 4.98 Å². The van der Waals surface area contributed by atoms with Crippen molar-refractivity contribution in [3.05, 3.63) is 59.3 Å². The molecule has 2 heterocycles. The topological polar surface area (TPSA) is 37.6 Å². The lowest BCUT2D eigenvalue weighted by molar-refractivity contribution is 0.959. The predicted octanol–water partition coefficient (Wildman–Crippen LogP) is 6.72. The first kappa shape index (κ1) is 21.7. The first-order chi connectivity index (χ1) is 12.7. The molecule has 2 rings (SSSR count). The van der Waals surface area contributed by atoms with Gasteiger partial charge in [0.1, 0.15) is 0 Å². The van der Waals surface area contributed by atoms with E-state index < -0.39 is 0 Å². The summed E-state index contributed by atoms with van der Waals surface area (Å²) in [5.74, 6) is 0. The Labute approximate surface area is 161 Å². The number of hydrogen-bond donors (Lipinski definition) is 0. The summed E-state index contributed by atoms with van der Waals surface area (Å²) in [6.07, 6.45) is 12.1. The Kier molecular flexibility index (Phi) is 10.1. The number of aromatic nitrogens is 1. The molecule has 0 bridgehead atoms. The van der Waals surface area contributed by atoms with Crippen molar-refractivity contribution in [2.45, 2.75) is 40.5 Å². The van der Waals surface area contributed by atoms with Crippen LogP contribution in [0.1, 0.15) is 51.8 Å². The van der Waals surface area contributed by atoms with Crippen LogP contribution < -0.4 is 0 Å². The standard InChI is InChI=1S/C20H23N3S.C2H6/c1-5-7-8-9-17(22-4)18-10-11-19-20(23-18)16(14-24-19)15(6-2)12-13-21-3;1-2/h6,8-14H,3,5,7H2,1-2,4H3;1-2H3/b9-8-,13-12-,15-6+,22-17?;. The van der Waals surface area contributed by atoms with Crippen molar-refractivity contribution in [1.29, 1.82) is 0 Å². The van der Waals surface area contributed by atoms with Crippen molar-refractivity contribution in [2.24, 2.45) is 9.98 Å². The number of hydrogen-bond acceptors (Lipinski definition) is 4. The van der Waals surface area contributed by atoms with Crippen molar-refractivity contribution < 1.29 is 0 Å². The van der Waals surface area contributed by atoms with E-state index in [4.69, 9.17) is 4.98 Å². The second kappa shape index (κ2) is 12.1. The van der Waals surface area contributed by atoms with E-state index in [1.807, 2.05) is 40.0 Å². The minimum atomic E-state index is 0.901. The minimum absolute atomic E-state index is 0.901. The number of fused-ring (bicyclic) bond motifs is 1. The normalized spacial score (nSPS) is 12.7. The Bertz CT molecular complexity index is 823. The molecule has 2 aromatic rings. The van der Waals surface area contributed by atoms with E-state index in [1.165, 1.54) is 4.70 Å². The zero-order valence-corrected chi connectivity index (χ0v) is 17.3. The molecule has 0 saturated carbocycles. The van der Waals surface area contributed by atoms with Gasteiger partial charge in [-0.15, -0.1) is 11.3 Å². The van der Waals surface area contributed by atoms with E-state index >= 15 is 0 Å². The summed E-state index contributed by atoms with van der Waals surface area (Å²) in [6.45, 7) is 11.7. The van der Waals surface area contributed by atoms with Crippen molar-refractivity contribution in [2.75, 3.05) is 7.05 Å². The summed E-state index contributed by atoms with van der Waals surface area (Å²) in [6, 6.07) is 4.16. The summed E-state index contributed by atoms with van der Waals surface area (Å²) < 4.78 is 1.17. The average molecular weight is 368 g/mol. The van der Waals surface area contributed by atoms with Crippen LogP contribution in [-0.4, -0.2) is 24.5 Å². The summed E-state index contributed by atoms with van der Waals surface area (Å²) in [5.41, 5.74) is 5.03. The van der Waals surface area contributed by atoms with Crippen LogP contribution in [0.4, 0.5) is 0 Å². The highest BCUT2D eigenvalue weighted by Gasteiger charge is 2.10. The minimum Gasteiger partial charge on any atom is -0.286 e. The van der Waals surface area contributed by atoms with Gasteiger partial charge >= 0.3 is 0 Å².